The maximum absolute atomic E-state index is 2.47. The molecule has 0 N–H and O–H groups in total. The van der Waals surface area contributed by atoms with Gasteiger partial charge < -0.3 is 0 Å². The largest absolute Gasteiger partial charge is 0.0625 e. The zero-order valence-electron chi connectivity index (χ0n) is 13.5. The highest BCUT2D eigenvalue weighted by atomic mass is 14.3. The molecule has 0 aromatic carbocycles. The molecule has 0 saturated heterocycles. The maximum Gasteiger partial charge on any atom is -0.0411 e. The Kier molecular flexibility index (Phi) is 6.74. The van der Waals surface area contributed by atoms with Crippen LogP contribution in [0.15, 0.2) is 0 Å². The molecule has 2 unspecified atom stereocenters. The van der Waals surface area contributed by atoms with Crippen LogP contribution in [0.4, 0.5) is 0 Å². The number of hydrogen-bond acceptors (Lipinski definition) is 0. The van der Waals surface area contributed by atoms with Crippen LogP contribution < -0.4 is 0 Å². The zero-order chi connectivity index (χ0) is 13.5. The fourth-order valence-electron chi connectivity index (χ4n) is 4.42. The summed E-state index contributed by atoms with van der Waals surface area (Å²) in [6, 6.07) is 0. The van der Waals surface area contributed by atoms with Gasteiger partial charge in [-0.3, -0.25) is 0 Å². The lowest BCUT2D eigenvalue weighted by molar-refractivity contribution is 0.225. The third kappa shape index (κ3) is 5.88. The number of rotatable bonds is 2. The van der Waals surface area contributed by atoms with E-state index in [2.05, 4.69) is 13.8 Å². The molecule has 0 heteroatoms. The predicted molar refractivity (Wildman–Crippen MR) is 85.3 cm³/mol. The second-order valence-electron chi connectivity index (χ2n) is 7.90. The first-order valence-electron chi connectivity index (χ1n) is 9.24. The quantitative estimate of drug-likeness (QED) is 0.528. The van der Waals surface area contributed by atoms with Crippen molar-refractivity contribution in [2.75, 3.05) is 0 Å². The van der Waals surface area contributed by atoms with Crippen LogP contribution >= 0.6 is 0 Å². The highest BCUT2D eigenvalue weighted by Gasteiger charge is 2.22. The van der Waals surface area contributed by atoms with Crippen LogP contribution in [-0.4, -0.2) is 0 Å². The van der Waals surface area contributed by atoms with Gasteiger partial charge >= 0.3 is 0 Å². The highest BCUT2D eigenvalue weighted by molar-refractivity contribution is 4.74. The first-order valence-corrected chi connectivity index (χ1v) is 9.24. The minimum atomic E-state index is 0.995. The van der Waals surface area contributed by atoms with Crippen molar-refractivity contribution in [2.45, 2.75) is 97.3 Å². The molecule has 0 aromatic heterocycles. The smallest absolute Gasteiger partial charge is 0.0411 e. The third-order valence-corrected chi connectivity index (χ3v) is 5.92. The Balaban J connectivity index is 1.73. The van der Waals surface area contributed by atoms with E-state index in [0.29, 0.717) is 0 Å². The Morgan fingerprint density at radius 1 is 0.526 bits per heavy atom. The fraction of sp³-hybridized carbons (Fsp3) is 1.00. The molecular formula is C19H36. The molecular weight excluding hydrogens is 228 g/mol. The number of hydrogen-bond donors (Lipinski definition) is 0. The summed E-state index contributed by atoms with van der Waals surface area (Å²) < 4.78 is 0. The summed E-state index contributed by atoms with van der Waals surface area (Å²) in [6.45, 7) is 4.92. The first-order chi connectivity index (χ1) is 9.24. The molecule has 0 bridgehead atoms. The highest BCUT2D eigenvalue weighted by Crippen LogP contribution is 2.36. The molecule has 2 rings (SSSR count). The Labute approximate surface area is 121 Å². The van der Waals surface area contributed by atoms with Crippen molar-refractivity contribution in [3.8, 4) is 0 Å². The van der Waals surface area contributed by atoms with Gasteiger partial charge in [0.05, 0.1) is 0 Å². The normalized spacial score (nSPS) is 38.8. The molecule has 0 aliphatic heterocycles. The van der Waals surface area contributed by atoms with Crippen molar-refractivity contribution in [3.63, 3.8) is 0 Å². The van der Waals surface area contributed by atoms with Gasteiger partial charge in [0, 0.05) is 0 Å². The second-order valence-corrected chi connectivity index (χ2v) is 7.90. The lowest BCUT2D eigenvalue weighted by Gasteiger charge is -2.30. The zero-order valence-corrected chi connectivity index (χ0v) is 13.5. The van der Waals surface area contributed by atoms with Gasteiger partial charge in [-0.05, 0) is 30.1 Å². The van der Waals surface area contributed by atoms with E-state index in [4.69, 9.17) is 0 Å². The maximum atomic E-state index is 2.47. The van der Waals surface area contributed by atoms with Gasteiger partial charge in [0.25, 0.3) is 0 Å². The van der Waals surface area contributed by atoms with Gasteiger partial charge in [0.15, 0.2) is 0 Å². The standard InChI is InChI=1S/C19H36/c1-16-7-4-3-5-9-18(10-6-8-16)15-19-13-11-17(2)12-14-19/h16-19H,3-15H2,1-2H3. The minimum Gasteiger partial charge on any atom is -0.0625 e. The van der Waals surface area contributed by atoms with E-state index in [9.17, 15) is 0 Å². The van der Waals surface area contributed by atoms with Gasteiger partial charge in [-0.15, -0.1) is 0 Å². The first kappa shape index (κ1) is 15.4. The predicted octanol–water partition coefficient (Wildman–Crippen LogP) is 6.59. The molecule has 0 radical (unpaired) electrons. The van der Waals surface area contributed by atoms with Crippen LogP contribution in [0, 0.1) is 23.7 Å². The van der Waals surface area contributed by atoms with E-state index in [1.54, 1.807) is 12.8 Å². The molecule has 112 valence electrons. The van der Waals surface area contributed by atoms with E-state index < -0.39 is 0 Å². The van der Waals surface area contributed by atoms with Gasteiger partial charge in [-0.2, -0.15) is 0 Å². The summed E-state index contributed by atoms with van der Waals surface area (Å²) in [5.74, 6) is 4.17. The Hall–Kier alpha value is 0. The summed E-state index contributed by atoms with van der Waals surface area (Å²) in [4.78, 5) is 0. The third-order valence-electron chi connectivity index (χ3n) is 5.92. The molecule has 0 heterocycles. The summed E-state index contributed by atoms with van der Waals surface area (Å²) >= 11 is 0. The topological polar surface area (TPSA) is 0 Å². The van der Waals surface area contributed by atoms with Gasteiger partial charge in [-0.1, -0.05) is 90.9 Å². The van der Waals surface area contributed by atoms with E-state index >= 15 is 0 Å². The molecule has 2 fully saturated rings. The molecule has 2 saturated carbocycles. The monoisotopic (exact) mass is 264 g/mol. The van der Waals surface area contributed by atoms with Crippen molar-refractivity contribution in [2.24, 2.45) is 23.7 Å². The average molecular weight is 264 g/mol. The summed E-state index contributed by atoms with van der Waals surface area (Å²) in [7, 11) is 0. The SMILES string of the molecule is CC1CCCCCC(CC2CCC(C)CC2)CCC1. The van der Waals surface area contributed by atoms with Crippen molar-refractivity contribution in [3.05, 3.63) is 0 Å². The van der Waals surface area contributed by atoms with Crippen molar-refractivity contribution >= 4 is 0 Å². The molecule has 0 spiro atoms. The molecule has 0 nitrogen and oxygen atoms in total. The van der Waals surface area contributed by atoms with Gasteiger partial charge in [0.2, 0.25) is 0 Å². The molecule has 2 aliphatic rings. The van der Waals surface area contributed by atoms with Crippen LogP contribution in [0.5, 0.6) is 0 Å². The van der Waals surface area contributed by atoms with Crippen molar-refractivity contribution < 1.29 is 0 Å². The minimum absolute atomic E-state index is 0.995. The second kappa shape index (κ2) is 8.32. The average Bonchev–Trinajstić information content (AvgIpc) is 2.41. The Morgan fingerprint density at radius 3 is 1.84 bits per heavy atom. The lowest BCUT2D eigenvalue weighted by Crippen LogP contribution is -2.16. The van der Waals surface area contributed by atoms with Crippen LogP contribution in [0.1, 0.15) is 97.3 Å². The van der Waals surface area contributed by atoms with Crippen LogP contribution in [0.2, 0.25) is 0 Å². The molecule has 2 aliphatic carbocycles. The molecule has 19 heavy (non-hydrogen) atoms. The summed E-state index contributed by atoms with van der Waals surface area (Å²) in [5, 5.41) is 0. The van der Waals surface area contributed by atoms with Crippen LogP contribution in [0.3, 0.4) is 0 Å². The van der Waals surface area contributed by atoms with E-state index in [0.717, 1.165) is 23.7 Å². The van der Waals surface area contributed by atoms with Crippen LogP contribution in [-0.2, 0) is 0 Å². The Morgan fingerprint density at radius 2 is 1.05 bits per heavy atom. The van der Waals surface area contributed by atoms with E-state index in [-0.39, 0.29) is 0 Å². The van der Waals surface area contributed by atoms with E-state index in [1.165, 1.54) is 70.6 Å². The van der Waals surface area contributed by atoms with Crippen molar-refractivity contribution in [1.82, 2.24) is 0 Å². The van der Waals surface area contributed by atoms with Gasteiger partial charge in [-0.25, -0.2) is 0 Å². The molecule has 2 atom stereocenters. The summed E-state index contributed by atoms with van der Waals surface area (Å²) in [5.41, 5.74) is 0. The summed E-state index contributed by atoms with van der Waals surface area (Å²) in [6.07, 6.45) is 19.7. The Bertz CT molecular complexity index is 224. The van der Waals surface area contributed by atoms with Crippen molar-refractivity contribution in [1.29, 1.82) is 0 Å². The lowest BCUT2D eigenvalue weighted by atomic mass is 9.76. The van der Waals surface area contributed by atoms with E-state index in [1.807, 2.05) is 0 Å². The van der Waals surface area contributed by atoms with Gasteiger partial charge in [0.1, 0.15) is 0 Å². The fourth-order valence-corrected chi connectivity index (χ4v) is 4.42. The molecule has 0 amide bonds. The van der Waals surface area contributed by atoms with Crippen LogP contribution in [0.25, 0.3) is 0 Å². The molecule has 0 aromatic rings.